The van der Waals surface area contributed by atoms with E-state index in [0.717, 1.165) is 22.3 Å². The Morgan fingerprint density at radius 1 is 0.885 bits per heavy atom. The quantitative estimate of drug-likeness (QED) is 0.289. The molecule has 0 aliphatic rings. The minimum Gasteiger partial charge on any atom is -0.398 e. The smallest absolute Gasteiger partial charge is 0.271 e. The summed E-state index contributed by atoms with van der Waals surface area (Å²) >= 11 is 0. The fourth-order valence-electron chi connectivity index (χ4n) is 2.07. The molecule has 0 atom stereocenters. The molecule has 9 heteroatoms. The van der Waals surface area contributed by atoms with Gasteiger partial charge in [0.1, 0.15) is 0 Å². The van der Waals surface area contributed by atoms with E-state index < -0.39 is 9.85 Å². The summed E-state index contributed by atoms with van der Waals surface area (Å²) in [5.41, 5.74) is 9.54. The van der Waals surface area contributed by atoms with Gasteiger partial charge in [0.25, 0.3) is 11.4 Å². The lowest BCUT2D eigenvalue weighted by Crippen LogP contribution is -1.96. The van der Waals surface area contributed by atoms with Gasteiger partial charge >= 0.3 is 0 Å². The summed E-state index contributed by atoms with van der Waals surface area (Å²) in [5, 5.41) is 20.9. The highest BCUT2D eigenvalue weighted by Crippen LogP contribution is 2.27. The second-order valence-electron chi connectivity index (χ2n) is 5.60. The predicted octanol–water partition coefficient (Wildman–Crippen LogP) is 3.97. The first-order valence-electron chi connectivity index (χ1n) is 7.43. The van der Waals surface area contributed by atoms with Crippen LogP contribution >= 0.6 is 0 Å². The average Bonchev–Trinajstić information content (AvgIpc) is 2.56. The van der Waals surface area contributed by atoms with Crippen LogP contribution < -0.4 is 5.73 Å². The Kier molecular flexibility index (Phi) is 6.69. The molecule has 0 aromatic heterocycles. The lowest BCUT2D eigenvalue weighted by atomic mass is 10.1. The molecule has 0 amide bonds. The highest BCUT2D eigenvalue weighted by atomic mass is 16.6. The monoisotopic (exact) mass is 358 g/mol. The van der Waals surface area contributed by atoms with Gasteiger partial charge in [-0.3, -0.25) is 20.2 Å². The number of hydrogen-bond acceptors (Lipinski definition) is 7. The first-order valence-corrected chi connectivity index (χ1v) is 7.43. The molecule has 2 aromatic rings. The number of aryl methyl sites for hydroxylation is 2. The first-order chi connectivity index (χ1) is 12.1. The van der Waals surface area contributed by atoms with Crippen LogP contribution in [0.3, 0.4) is 0 Å². The van der Waals surface area contributed by atoms with E-state index in [9.17, 15) is 25.0 Å². The number of nitro groups is 2. The lowest BCUT2D eigenvalue weighted by molar-refractivity contribution is -0.385. The van der Waals surface area contributed by atoms with Gasteiger partial charge in [-0.1, -0.05) is 0 Å². The van der Waals surface area contributed by atoms with Crippen molar-refractivity contribution in [2.45, 2.75) is 27.7 Å². The molecule has 0 aliphatic heterocycles. The van der Waals surface area contributed by atoms with Crippen molar-refractivity contribution in [3.63, 3.8) is 0 Å². The number of aliphatic imine (C=N–C) groups is 1. The first kappa shape index (κ1) is 20.5. The van der Waals surface area contributed by atoms with E-state index in [0.29, 0.717) is 11.4 Å². The summed E-state index contributed by atoms with van der Waals surface area (Å²) in [6.45, 7) is 7.12. The molecule has 26 heavy (non-hydrogen) atoms. The maximum absolute atomic E-state index is 10.5. The summed E-state index contributed by atoms with van der Waals surface area (Å²) in [5.74, 6) is 0. The zero-order chi connectivity index (χ0) is 20.0. The Morgan fingerprint density at radius 3 is 1.77 bits per heavy atom. The second kappa shape index (κ2) is 8.50. The van der Waals surface area contributed by atoms with E-state index >= 15 is 0 Å². The van der Waals surface area contributed by atoms with Gasteiger partial charge in [0.2, 0.25) is 6.08 Å². The van der Waals surface area contributed by atoms with Gasteiger partial charge in [0, 0.05) is 30.0 Å². The van der Waals surface area contributed by atoms with Crippen molar-refractivity contribution in [1.29, 1.82) is 0 Å². The van der Waals surface area contributed by atoms with Gasteiger partial charge < -0.3 is 5.73 Å². The fraction of sp³-hybridized carbons (Fsp3) is 0.235. The normalized spacial score (nSPS) is 9.54. The maximum Gasteiger partial charge on any atom is 0.271 e. The third-order valence-electron chi connectivity index (χ3n) is 3.90. The number of non-ortho nitro benzene ring substituents is 2. The summed E-state index contributed by atoms with van der Waals surface area (Å²) in [4.78, 5) is 33.4. The molecule has 0 saturated carbocycles. The van der Waals surface area contributed by atoms with Crippen LogP contribution in [0.5, 0.6) is 0 Å². The van der Waals surface area contributed by atoms with Crippen molar-refractivity contribution in [3.8, 4) is 0 Å². The van der Waals surface area contributed by atoms with E-state index in [1.54, 1.807) is 20.8 Å². The molecule has 0 radical (unpaired) electrons. The third kappa shape index (κ3) is 4.96. The number of carbonyl (C=O) groups excluding carboxylic acids is 1. The Labute approximate surface area is 149 Å². The van der Waals surface area contributed by atoms with Crippen LogP contribution in [0.4, 0.5) is 22.7 Å². The van der Waals surface area contributed by atoms with Gasteiger partial charge in [-0.05, 0) is 49.9 Å². The van der Waals surface area contributed by atoms with Gasteiger partial charge in [-0.2, -0.15) is 4.99 Å². The number of nitrogens with two attached hydrogens (primary N) is 1. The third-order valence-corrected chi connectivity index (χ3v) is 3.90. The molecule has 0 saturated heterocycles. The minimum absolute atomic E-state index is 0.0515. The van der Waals surface area contributed by atoms with E-state index in [1.165, 1.54) is 30.3 Å². The molecule has 0 fully saturated rings. The number of nitrogens with zero attached hydrogens (tertiary/aromatic N) is 3. The topological polar surface area (TPSA) is 142 Å². The molecule has 2 rings (SSSR count). The van der Waals surface area contributed by atoms with Crippen LogP contribution in [0.2, 0.25) is 0 Å². The number of nitrogen functional groups attached to an aromatic ring is 1. The van der Waals surface area contributed by atoms with Gasteiger partial charge in [0.15, 0.2) is 0 Å². The molecule has 0 heterocycles. The number of anilines is 1. The molecular formula is C17H18N4O5. The van der Waals surface area contributed by atoms with Crippen molar-refractivity contribution < 1.29 is 14.6 Å². The van der Waals surface area contributed by atoms with E-state index in [2.05, 4.69) is 4.99 Å². The molecule has 0 unspecified atom stereocenters. The molecule has 2 aromatic carbocycles. The molecule has 2 N–H and O–H groups in total. The van der Waals surface area contributed by atoms with E-state index in [1.807, 2.05) is 6.92 Å². The number of benzene rings is 2. The highest BCUT2D eigenvalue weighted by molar-refractivity contribution is 5.60. The van der Waals surface area contributed by atoms with Crippen LogP contribution in [0.15, 0.2) is 29.3 Å². The number of isocyanates is 1. The molecular weight excluding hydrogens is 340 g/mol. The number of nitro benzene ring substituents is 2. The van der Waals surface area contributed by atoms with Crippen molar-refractivity contribution in [3.05, 3.63) is 66.7 Å². The Hall–Kier alpha value is -3.58. The lowest BCUT2D eigenvalue weighted by Gasteiger charge is -2.02. The van der Waals surface area contributed by atoms with Crippen LogP contribution in [-0.4, -0.2) is 15.9 Å². The van der Waals surface area contributed by atoms with Gasteiger partial charge in [-0.15, -0.1) is 0 Å². The zero-order valence-corrected chi connectivity index (χ0v) is 14.8. The van der Waals surface area contributed by atoms with Crippen molar-refractivity contribution in [2.75, 3.05) is 5.73 Å². The van der Waals surface area contributed by atoms with Crippen molar-refractivity contribution in [2.24, 2.45) is 4.99 Å². The van der Waals surface area contributed by atoms with Crippen LogP contribution in [-0.2, 0) is 4.79 Å². The van der Waals surface area contributed by atoms with Crippen LogP contribution in [0.25, 0.3) is 0 Å². The summed E-state index contributed by atoms with van der Waals surface area (Å²) in [6.07, 6.45) is 1.37. The van der Waals surface area contributed by atoms with E-state index in [4.69, 9.17) is 5.73 Å². The zero-order valence-electron chi connectivity index (χ0n) is 14.8. The molecule has 0 aliphatic carbocycles. The van der Waals surface area contributed by atoms with Crippen molar-refractivity contribution >= 4 is 28.8 Å². The van der Waals surface area contributed by atoms with Crippen molar-refractivity contribution in [1.82, 2.24) is 0 Å². The summed E-state index contributed by atoms with van der Waals surface area (Å²) in [6, 6.07) is 5.60. The largest absolute Gasteiger partial charge is 0.398 e. The predicted molar refractivity (Wildman–Crippen MR) is 97.3 cm³/mol. The molecule has 9 nitrogen and oxygen atoms in total. The number of hydrogen-bond donors (Lipinski definition) is 1. The number of rotatable bonds is 3. The molecule has 0 spiro atoms. The SMILES string of the molecule is Cc1cc([N+](=O)[O-])cc(N)c1C.Cc1cc([N+](=O)[O-])cc(N=C=O)c1C. The minimum atomic E-state index is -0.518. The highest BCUT2D eigenvalue weighted by Gasteiger charge is 2.11. The Bertz CT molecular complexity index is 895. The average molecular weight is 358 g/mol. The molecule has 0 bridgehead atoms. The van der Waals surface area contributed by atoms with Gasteiger partial charge in [0.05, 0.1) is 15.5 Å². The van der Waals surface area contributed by atoms with Gasteiger partial charge in [-0.25, -0.2) is 4.79 Å². The van der Waals surface area contributed by atoms with Crippen LogP contribution in [0.1, 0.15) is 22.3 Å². The molecule has 136 valence electrons. The standard InChI is InChI=1S/C9H8N2O3.C8H10N2O2/c1-6-3-8(11(13)14)4-9(7(6)2)10-5-12;1-5-3-7(10(11)12)4-8(9)6(5)2/h3-4H,1-2H3;3-4H,9H2,1-2H3. The second-order valence-corrected chi connectivity index (χ2v) is 5.60. The summed E-state index contributed by atoms with van der Waals surface area (Å²) < 4.78 is 0. The van der Waals surface area contributed by atoms with Crippen LogP contribution in [0, 0.1) is 47.9 Å². The Morgan fingerprint density at radius 2 is 1.35 bits per heavy atom. The maximum atomic E-state index is 10.5. The van der Waals surface area contributed by atoms with E-state index in [-0.39, 0.29) is 11.4 Å². The fourth-order valence-corrected chi connectivity index (χ4v) is 2.07. The Balaban J connectivity index is 0.000000263. The summed E-state index contributed by atoms with van der Waals surface area (Å²) in [7, 11) is 0.